The molecular formula is C13H12ClN3O2. The van der Waals surface area contributed by atoms with E-state index in [0.29, 0.717) is 10.7 Å². The molecule has 2 amide bonds. The second kappa shape index (κ2) is 5.24. The molecule has 1 aromatic carbocycles. The van der Waals surface area contributed by atoms with Crippen molar-refractivity contribution in [2.24, 2.45) is 4.99 Å². The second-order valence-electron chi connectivity index (χ2n) is 4.03. The molecule has 5 nitrogen and oxygen atoms in total. The predicted molar refractivity (Wildman–Crippen MR) is 73.5 cm³/mol. The summed E-state index contributed by atoms with van der Waals surface area (Å²) in [5.74, 6) is -0.473. The molecular weight excluding hydrogens is 266 g/mol. The Labute approximate surface area is 115 Å². The lowest BCUT2D eigenvalue weighted by Crippen LogP contribution is -2.37. The molecule has 19 heavy (non-hydrogen) atoms. The topological polar surface area (TPSA) is 61.8 Å². The molecule has 1 aromatic rings. The van der Waals surface area contributed by atoms with E-state index in [2.05, 4.69) is 10.3 Å². The number of hydrogen-bond acceptors (Lipinski definition) is 3. The van der Waals surface area contributed by atoms with Gasteiger partial charge in [0.05, 0.1) is 0 Å². The number of carbonyl (C=O) groups excluding carboxylic acids is 2. The second-order valence-corrected chi connectivity index (χ2v) is 4.44. The van der Waals surface area contributed by atoms with Crippen molar-refractivity contribution < 1.29 is 9.59 Å². The highest BCUT2D eigenvalue weighted by Crippen LogP contribution is 2.22. The van der Waals surface area contributed by atoms with Crippen LogP contribution in [0.5, 0.6) is 0 Å². The molecule has 0 aliphatic carbocycles. The number of rotatable bonds is 1. The third-order valence-corrected chi connectivity index (χ3v) is 2.94. The summed E-state index contributed by atoms with van der Waals surface area (Å²) in [6.45, 7) is 1.36. The fraction of sp³-hybridized carbons (Fsp3) is 0.154. The van der Waals surface area contributed by atoms with Gasteiger partial charge in [-0.05, 0) is 17.7 Å². The van der Waals surface area contributed by atoms with Crippen LogP contribution in [0.15, 0.2) is 35.0 Å². The molecule has 1 aliphatic heterocycles. The minimum Gasteiger partial charge on any atom is -0.310 e. The lowest BCUT2D eigenvalue weighted by molar-refractivity contribution is -0.117. The standard InChI is InChI=1S/C13H12ClN3O2/c1-8(18)15-13-16-12(19)11(17(13)2)7-9-5-3-4-6-10(9)14/h3-7H,1-2H3,(H,15,16,18,19)/b11-7+. The van der Waals surface area contributed by atoms with Gasteiger partial charge in [0.25, 0.3) is 5.91 Å². The van der Waals surface area contributed by atoms with Gasteiger partial charge < -0.3 is 4.90 Å². The normalized spacial score (nSPS) is 16.8. The zero-order valence-electron chi connectivity index (χ0n) is 10.5. The largest absolute Gasteiger partial charge is 0.310 e. The lowest BCUT2D eigenvalue weighted by atomic mass is 10.2. The van der Waals surface area contributed by atoms with Crippen molar-refractivity contribution in [3.8, 4) is 0 Å². The van der Waals surface area contributed by atoms with E-state index in [9.17, 15) is 9.59 Å². The van der Waals surface area contributed by atoms with E-state index in [1.54, 1.807) is 25.3 Å². The molecule has 1 N–H and O–H groups in total. The predicted octanol–water partition coefficient (Wildman–Crippen LogP) is 1.65. The fourth-order valence-corrected chi connectivity index (χ4v) is 1.84. The highest BCUT2D eigenvalue weighted by Gasteiger charge is 2.27. The van der Waals surface area contributed by atoms with E-state index in [1.165, 1.54) is 11.8 Å². The molecule has 98 valence electrons. The number of nitrogens with one attached hydrogen (secondary N) is 1. The van der Waals surface area contributed by atoms with Crippen LogP contribution >= 0.6 is 11.6 Å². The summed E-state index contributed by atoms with van der Waals surface area (Å²) >= 11 is 6.04. The van der Waals surface area contributed by atoms with Crippen molar-refractivity contribution in [3.05, 3.63) is 40.5 Å². The van der Waals surface area contributed by atoms with Crippen LogP contribution in [0.4, 0.5) is 0 Å². The van der Waals surface area contributed by atoms with Gasteiger partial charge in [-0.2, -0.15) is 4.99 Å². The highest BCUT2D eigenvalue weighted by molar-refractivity contribution is 6.32. The molecule has 1 aliphatic rings. The number of hydrogen-bond donors (Lipinski definition) is 1. The number of nitrogens with zero attached hydrogens (tertiary/aromatic N) is 2. The van der Waals surface area contributed by atoms with Crippen molar-refractivity contribution in [1.82, 2.24) is 10.2 Å². The van der Waals surface area contributed by atoms with E-state index in [4.69, 9.17) is 11.6 Å². The Morgan fingerprint density at radius 2 is 2.11 bits per heavy atom. The van der Waals surface area contributed by atoms with Gasteiger partial charge in [0.1, 0.15) is 5.70 Å². The van der Waals surface area contributed by atoms with Crippen molar-refractivity contribution in [2.75, 3.05) is 7.05 Å². The Morgan fingerprint density at radius 3 is 2.74 bits per heavy atom. The van der Waals surface area contributed by atoms with Crippen LogP contribution in [0, 0.1) is 0 Å². The Kier molecular flexibility index (Phi) is 3.66. The van der Waals surface area contributed by atoms with Gasteiger partial charge in [0, 0.05) is 19.0 Å². The molecule has 1 heterocycles. The number of benzene rings is 1. The Balaban J connectivity index is 2.31. The van der Waals surface area contributed by atoms with Crippen molar-refractivity contribution in [1.29, 1.82) is 0 Å². The molecule has 0 radical (unpaired) electrons. The van der Waals surface area contributed by atoms with E-state index >= 15 is 0 Å². The number of guanidine groups is 1. The average Bonchev–Trinajstić information content (AvgIpc) is 2.59. The Hall–Kier alpha value is -2.14. The first kappa shape index (κ1) is 13.3. The first-order chi connectivity index (χ1) is 8.99. The van der Waals surface area contributed by atoms with E-state index in [1.807, 2.05) is 12.1 Å². The van der Waals surface area contributed by atoms with Gasteiger partial charge in [0.2, 0.25) is 11.9 Å². The lowest BCUT2D eigenvalue weighted by Gasteiger charge is -2.14. The molecule has 6 heteroatoms. The van der Waals surface area contributed by atoms with Crippen molar-refractivity contribution in [2.45, 2.75) is 6.92 Å². The SMILES string of the molecule is CC(=O)NC1=NC(=O)/C(=C\c2ccccc2Cl)N1C. The maximum absolute atomic E-state index is 11.8. The first-order valence-corrected chi connectivity index (χ1v) is 5.97. The Bertz CT molecular complexity index is 608. The van der Waals surface area contributed by atoms with E-state index in [0.717, 1.165) is 5.56 Å². The number of halogens is 1. The monoisotopic (exact) mass is 277 g/mol. The van der Waals surface area contributed by atoms with Crippen LogP contribution in [0.2, 0.25) is 5.02 Å². The third kappa shape index (κ3) is 2.82. The maximum atomic E-state index is 11.8. The summed E-state index contributed by atoms with van der Waals surface area (Å²) in [4.78, 5) is 28.1. The van der Waals surface area contributed by atoms with Crippen LogP contribution in [0.1, 0.15) is 12.5 Å². The van der Waals surface area contributed by atoms with Crippen LogP contribution in [0.25, 0.3) is 6.08 Å². The Morgan fingerprint density at radius 1 is 1.42 bits per heavy atom. The molecule has 0 fully saturated rings. The van der Waals surface area contributed by atoms with Crippen molar-refractivity contribution in [3.63, 3.8) is 0 Å². The van der Waals surface area contributed by atoms with Gasteiger partial charge in [-0.15, -0.1) is 0 Å². The van der Waals surface area contributed by atoms with Crippen LogP contribution in [-0.2, 0) is 9.59 Å². The summed E-state index contributed by atoms with van der Waals surface area (Å²) < 4.78 is 0. The summed E-state index contributed by atoms with van der Waals surface area (Å²) in [5.41, 5.74) is 1.08. The summed E-state index contributed by atoms with van der Waals surface area (Å²) in [6.07, 6.45) is 1.64. The van der Waals surface area contributed by atoms with Crippen LogP contribution in [0.3, 0.4) is 0 Å². The molecule has 0 aromatic heterocycles. The number of amides is 2. The van der Waals surface area contributed by atoms with Gasteiger partial charge in [-0.3, -0.25) is 14.9 Å². The van der Waals surface area contributed by atoms with E-state index in [-0.39, 0.29) is 11.9 Å². The van der Waals surface area contributed by atoms with Crippen LogP contribution in [-0.4, -0.2) is 29.7 Å². The summed E-state index contributed by atoms with van der Waals surface area (Å²) in [6, 6.07) is 7.17. The molecule has 2 rings (SSSR count). The first-order valence-electron chi connectivity index (χ1n) is 5.59. The van der Waals surface area contributed by atoms with Gasteiger partial charge in [-0.25, -0.2) is 0 Å². The maximum Gasteiger partial charge on any atom is 0.296 e. The fourth-order valence-electron chi connectivity index (χ4n) is 1.65. The third-order valence-electron chi connectivity index (χ3n) is 2.59. The highest BCUT2D eigenvalue weighted by atomic mass is 35.5. The molecule has 0 spiro atoms. The minimum absolute atomic E-state index is 0.218. The molecule has 0 saturated carbocycles. The zero-order chi connectivity index (χ0) is 14.0. The van der Waals surface area contributed by atoms with Gasteiger partial charge in [0.15, 0.2) is 0 Å². The minimum atomic E-state index is -0.411. The van der Waals surface area contributed by atoms with Gasteiger partial charge in [-0.1, -0.05) is 29.8 Å². The number of carbonyl (C=O) groups is 2. The van der Waals surface area contributed by atoms with E-state index < -0.39 is 5.91 Å². The average molecular weight is 278 g/mol. The smallest absolute Gasteiger partial charge is 0.296 e. The zero-order valence-corrected chi connectivity index (χ0v) is 11.2. The quantitative estimate of drug-likeness (QED) is 0.794. The molecule has 0 bridgehead atoms. The molecule has 0 saturated heterocycles. The number of aliphatic imine (C=N–C) groups is 1. The summed E-state index contributed by atoms with van der Waals surface area (Å²) in [7, 11) is 1.66. The molecule has 0 unspecified atom stereocenters. The van der Waals surface area contributed by atoms with Crippen molar-refractivity contribution >= 4 is 35.5 Å². The molecule has 0 atom stereocenters. The van der Waals surface area contributed by atoms with Crippen LogP contribution < -0.4 is 5.32 Å². The number of likely N-dealkylation sites (N-methyl/N-ethyl adjacent to an activating group) is 1. The van der Waals surface area contributed by atoms with Gasteiger partial charge >= 0.3 is 0 Å². The summed E-state index contributed by atoms with van der Waals surface area (Å²) in [5, 5.41) is 3.04.